The van der Waals surface area contributed by atoms with Gasteiger partial charge in [0.25, 0.3) is 0 Å². The van der Waals surface area contributed by atoms with Crippen molar-refractivity contribution in [3.05, 3.63) is 90.0 Å². The van der Waals surface area contributed by atoms with Crippen molar-refractivity contribution in [2.24, 2.45) is 0 Å². The Morgan fingerprint density at radius 3 is 2.50 bits per heavy atom. The van der Waals surface area contributed by atoms with Crippen molar-refractivity contribution < 1.29 is 4.39 Å². The number of benzene rings is 2. The largest absolute Gasteiger partial charge is 0.249 e. The molecule has 24 heavy (non-hydrogen) atoms. The number of rotatable bonds is 3. The third-order valence-electron chi connectivity index (χ3n) is 3.82. The minimum absolute atomic E-state index is 0.231. The van der Waals surface area contributed by atoms with E-state index < -0.39 is 0 Å². The number of fused-ring (bicyclic) bond motifs is 1. The van der Waals surface area contributed by atoms with Crippen LogP contribution in [-0.2, 0) is 6.42 Å². The molecule has 0 saturated heterocycles. The Hall–Kier alpha value is -3.14. The molecule has 0 radical (unpaired) electrons. The Kier molecular flexibility index (Phi) is 3.71. The van der Waals surface area contributed by atoms with Gasteiger partial charge in [0.2, 0.25) is 0 Å². The molecule has 4 heteroatoms. The molecule has 2 heterocycles. The molecule has 0 atom stereocenters. The van der Waals surface area contributed by atoms with E-state index in [1.807, 2.05) is 48.7 Å². The number of para-hydroxylation sites is 1. The topological polar surface area (TPSA) is 38.7 Å². The highest BCUT2D eigenvalue weighted by Gasteiger charge is 2.06. The fourth-order valence-corrected chi connectivity index (χ4v) is 2.61. The first-order chi connectivity index (χ1) is 11.8. The van der Waals surface area contributed by atoms with Gasteiger partial charge in [0, 0.05) is 23.7 Å². The Morgan fingerprint density at radius 2 is 1.62 bits per heavy atom. The molecule has 0 bridgehead atoms. The van der Waals surface area contributed by atoms with E-state index in [1.165, 1.54) is 12.1 Å². The van der Waals surface area contributed by atoms with Crippen LogP contribution in [0.5, 0.6) is 0 Å². The highest BCUT2D eigenvalue weighted by atomic mass is 19.1. The molecule has 0 aliphatic rings. The van der Waals surface area contributed by atoms with Crippen LogP contribution in [0.4, 0.5) is 4.39 Å². The second-order valence-corrected chi connectivity index (χ2v) is 5.57. The Bertz CT molecular complexity index is 997. The van der Waals surface area contributed by atoms with Crippen molar-refractivity contribution in [2.45, 2.75) is 6.42 Å². The van der Waals surface area contributed by atoms with Crippen molar-refractivity contribution in [3.8, 4) is 11.5 Å². The lowest BCUT2D eigenvalue weighted by atomic mass is 10.1. The number of pyridine rings is 1. The molecule has 2 aromatic carbocycles. The lowest BCUT2D eigenvalue weighted by Gasteiger charge is -2.05. The second kappa shape index (κ2) is 6.16. The SMILES string of the molecule is Fc1ccc(Cc2cccc(-c3ncc4ccccc4n3)n2)cc1. The summed E-state index contributed by atoms with van der Waals surface area (Å²) in [5.41, 5.74) is 3.55. The van der Waals surface area contributed by atoms with Crippen LogP contribution < -0.4 is 0 Å². The lowest BCUT2D eigenvalue weighted by molar-refractivity contribution is 0.627. The average Bonchev–Trinajstić information content (AvgIpc) is 2.63. The quantitative estimate of drug-likeness (QED) is 0.561. The zero-order valence-corrected chi connectivity index (χ0v) is 12.9. The van der Waals surface area contributed by atoms with Gasteiger partial charge in [0.05, 0.1) is 5.52 Å². The molecule has 0 unspecified atom stereocenters. The van der Waals surface area contributed by atoms with E-state index >= 15 is 0 Å². The second-order valence-electron chi connectivity index (χ2n) is 5.57. The third kappa shape index (κ3) is 2.99. The summed E-state index contributed by atoms with van der Waals surface area (Å²) in [4.78, 5) is 13.6. The van der Waals surface area contributed by atoms with E-state index in [9.17, 15) is 4.39 Å². The fraction of sp³-hybridized carbons (Fsp3) is 0.0500. The molecule has 0 aliphatic heterocycles. The minimum Gasteiger partial charge on any atom is -0.249 e. The first kappa shape index (κ1) is 14.5. The first-order valence-corrected chi connectivity index (χ1v) is 7.70. The molecule has 0 amide bonds. The third-order valence-corrected chi connectivity index (χ3v) is 3.82. The highest BCUT2D eigenvalue weighted by Crippen LogP contribution is 2.18. The van der Waals surface area contributed by atoms with E-state index in [4.69, 9.17) is 0 Å². The van der Waals surface area contributed by atoms with Crippen molar-refractivity contribution in [2.75, 3.05) is 0 Å². The molecule has 0 saturated carbocycles. The van der Waals surface area contributed by atoms with Crippen LogP contribution in [0.15, 0.2) is 72.9 Å². The zero-order chi connectivity index (χ0) is 16.4. The summed E-state index contributed by atoms with van der Waals surface area (Å²) in [7, 11) is 0. The summed E-state index contributed by atoms with van der Waals surface area (Å²) < 4.78 is 13.0. The normalized spacial score (nSPS) is 10.9. The van der Waals surface area contributed by atoms with Crippen LogP contribution in [-0.4, -0.2) is 15.0 Å². The van der Waals surface area contributed by atoms with E-state index in [1.54, 1.807) is 12.1 Å². The number of nitrogens with zero attached hydrogens (tertiary/aromatic N) is 3. The summed E-state index contributed by atoms with van der Waals surface area (Å²) in [5, 5.41) is 1.00. The standard InChI is InChI=1S/C20H14FN3/c21-16-10-8-14(9-11-16)12-17-5-3-7-19(23-17)20-22-13-15-4-1-2-6-18(15)24-20/h1-11,13H,12H2. The van der Waals surface area contributed by atoms with Crippen LogP contribution in [0.1, 0.15) is 11.3 Å². The van der Waals surface area contributed by atoms with E-state index in [2.05, 4.69) is 15.0 Å². The minimum atomic E-state index is -0.231. The fourth-order valence-electron chi connectivity index (χ4n) is 2.61. The average molecular weight is 315 g/mol. The molecule has 0 spiro atoms. The van der Waals surface area contributed by atoms with Crippen LogP contribution in [0.2, 0.25) is 0 Å². The van der Waals surface area contributed by atoms with Gasteiger partial charge in [-0.3, -0.25) is 0 Å². The van der Waals surface area contributed by atoms with Gasteiger partial charge < -0.3 is 0 Å². The van der Waals surface area contributed by atoms with Gasteiger partial charge in [-0.2, -0.15) is 0 Å². The van der Waals surface area contributed by atoms with Crippen molar-refractivity contribution in [1.82, 2.24) is 15.0 Å². The van der Waals surface area contributed by atoms with Crippen LogP contribution in [0, 0.1) is 5.82 Å². The van der Waals surface area contributed by atoms with E-state index in [0.29, 0.717) is 12.2 Å². The maximum absolute atomic E-state index is 13.0. The number of halogens is 1. The molecule has 0 aliphatic carbocycles. The number of hydrogen-bond acceptors (Lipinski definition) is 3. The summed E-state index contributed by atoms with van der Waals surface area (Å²) in [6.07, 6.45) is 2.45. The van der Waals surface area contributed by atoms with Gasteiger partial charge in [0.15, 0.2) is 5.82 Å². The smallest absolute Gasteiger partial charge is 0.178 e. The van der Waals surface area contributed by atoms with Gasteiger partial charge >= 0.3 is 0 Å². The van der Waals surface area contributed by atoms with E-state index in [-0.39, 0.29) is 5.82 Å². The zero-order valence-electron chi connectivity index (χ0n) is 12.9. The first-order valence-electron chi connectivity index (χ1n) is 7.70. The summed E-state index contributed by atoms with van der Waals surface area (Å²) in [5.74, 6) is 0.375. The van der Waals surface area contributed by atoms with Gasteiger partial charge in [-0.15, -0.1) is 0 Å². The molecule has 0 N–H and O–H groups in total. The summed E-state index contributed by atoms with van der Waals surface area (Å²) in [6, 6.07) is 20.1. The predicted octanol–water partition coefficient (Wildman–Crippen LogP) is 4.42. The van der Waals surface area contributed by atoms with Crippen molar-refractivity contribution in [3.63, 3.8) is 0 Å². The van der Waals surface area contributed by atoms with Gasteiger partial charge in [0.1, 0.15) is 11.5 Å². The summed E-state index contributed by atoms with van der Waals surface area (Å²) in [6.45, 7) is 0. The highest BCUT2D eigenvalue weighted by molar-refractivity contribution is 5.79. The molecular formula is C20H14FN3. The van der Waals surface area contributed by atoms with Crippen LogP contribution >= 0.6 is 0 Å². The molecule has 4 aromatic rings. The van der Waals surface area contributed by atoms with E-state index in [0.717, 1.165) is 27.9 Å². The maximum atomic E-state index is 13.0. The van der Waals surface area contributed by atoms with Crippen molar-refractivity contribution in [1.29, 1.82) is 0 Å². The molecule has 3 nitrogen and oxygen atoms in total. The maximum Gasteiger partial charge on any atom is 0.178 e. The Labute approximate surface area is 138 Å². The Morgan fingerprint density at radius 1 is 0.792 bits per heavy atom. The molecule has 4 rings (SSSR count). The number of aromatic nitrogens is 3. The molecule has 2 aromatic heterocycles. The van der Waals surface area contributed by atoms with Gasteiger partial charge in [-0.25, -0.2) is 19.3 Å². The lowest BCUT2D eigenvalue weighted by Crippen LogP contribution is -1.97. The predicted molar refractivity (Wildman–Crippen MR) is 92.0 cm³/mol. The van der Waals surface area contributed by atoms with Crippen molar-refractivity contribution >= 4 is 10.9 Å². The van der Waals surface area contributed by atoms with Crippen LogP contribution in [0.3, 0.4) is 0 Å². The monoisotopic (exact) mass is 315 g/mol. The van der Waals surface area contributed by atoms with Gasteiger partial charge in [-0.1, -0.05) is 36.4 Å². The Balaban J connectivity index is 1.67. The molecule has 116 valence electrons. The van der Waals surface area contributed by atoms with Crippen LogP contribution in [0.25, 0.3) is 22.4 Å². The molecular weight excluding hydrogens is 301 g/mol. The number of hydrogen-bond donors (Lipinski definition) is 0. The summed E-state index contributed by atoms with van der Waals surface area (Å²) >= 11 is 0. The molecule has 0 fully saturated rings. The van der Waals surface area contributed by atoms with Gasteiger partial charge in [-0.05, 0) is 35.9 Å².